The van der Waals surface area contributed by atoms with Crippen molar-refractivity contribution in [1.82, 2.24) is 0 Å². The quantitative estimate of drug-likeness (QED) is 0.599. The van der Waals surface area contributed by atoms with Crippen LogP contribution in [0.1, 0.15) is 37.7 Å². The van der Waals surface area contributed by atoms with Crippen molar-refractivity contribution < 1.29 is 4.74 Å². The van der Waals surface area contributed by atoms with Crippen LogP contribution in [0.25, 0.3) is 0 Å². The number of halogens is 1. The molecule has 0 heterocycles. The average Bonchev–Trinajstić information content (AvgIpc) is 2.39. The maximum absolute atomic E-state index is 5.31. The first-order valence-corrected chi connectivity index (χ1v) is 7.25. The van der Waals surface area contributed by atoms with Crippen LogP contribution in [-0.2, 0) is 0 Å². The third kappa shape index (κ3) is 3.44. The van der Waals surface area contributed by atoms with Crippen LogP contribution in [0.4, 0.5) is 0 Å². The van der Waals surface area contributed by atoms with Crippen molar-refractivity contribution in [2.24, 2.45) is 4.99 Å². The minimum absolute atomic E-state index is 0.533. The van der Waals surface area contributed by atoms with Crippen LogP contribution in [-0.4, -0.2) is 19.4 Å². The van der Waals surface area contributed by atoms with E-state index in [0.29, 0.717) is 6.04 Å². The SMILES string of the molecule is COc1cccc(C=NC2CCCCC2)c1I. The molecule has 0 amide bonds. The predicted octanol–water partition coefficient (Wildman–Crippen LogP) is 4.05. The standard InChI is InChI=1S/C14H18INO/c1-17-13-9-5-6-11(14(13)15)10-16-12-7-3-2-4-8-12/h5-6,9-10,12H,2-4,7-8H2,1H3. The monoisotopic (exact) mass is 343 g/mol. The highest BCUT2D eigenvalue weighted by Crippen LogP contribution is 2.24. The Bertz CT molecular complexity index is 397. The number of aliphatic imine (C=N–C) groups is 1. The molecule has 0 N–H and O–H groups in total. The fourth-order valence-electron chi connectivity index (χ4n) is 2.20. The van der Waals surface area contributed by atoms with E-state index in [2.05, 4.69) is 28.7 Å². The van der Waals surface area contributed by atoms with Gasteiger partial charge in [0, 0.05) is 17.8 Å². The average molecular weight is 343 g/mol. The third-order valence-corrected chi connectivity index (χ3v) is 4.37. The first-order chi connectivity index (χ1) is 8.31. The Morgan fingerprint density at radius 2 is 2.06 bits per heavy atom. The van der Waals surface area contributed by atoms with E-state index >= 15 is 0 Å². The van der Waals surface area contributed by atoms with E-state index in [1.165, 1.54) is 32.1 Å². The van der Waals surface area contributed by atoms with Gasteiger partial charge in [0.1, 0.15) is 5.75 Å². The summed E-state index contributed by atoms with van der Waals surface area (Å²) >= 11 is 2.32. The maximum Gasteiger partial charge on any atom is 0.132 e. The second-order valence-corrected chi connectivity index (χ2v) is 5.51. The topological polar surface area (TPSA) is 21.6 Å². The molecule has 17 heavy (non-hydrogen) atoms. The van der Waals surface area contributed by atoms with E-state index in [4.69, 9.17) is 9.73 Å². The summed E-state index contributed by atoms with van der Waals surface area (Å²) in [6.45, 7) is 0. The summed E-state index contributed by atoms with van der Waals surface area (Å²) < 4.78 is 6.45. The van der Waals surface area contributed by atoms with Gasteiger partial charge in [0.15, 0.2) is 0 Å². The van der Waals surface area contributed by atoms with Gasteiger partial charge in [-0.25, -0.2) is 0 Å². The van der Waals surface area contributed by atoms with E-state index < -0.39 is 0 Å². The highest BCUT2D eigenvalue weighted by atomic mass is 127. The molecule has 0 unspecified atom stereocenters. The Morgan fingerprint density at radius 1 is 1.29 bits per heavy atom. The number of hydrogen-bond acceptors (Lipinski definition) is 2. The fourth-order valence-corrected chi connectivity index (χ4v) is 2.92. The summed E-state index contributed by atoms with van der Waals surface area (Å²) in [5.74, 6) is 0.929. The Hall–Kier alpha value is -0.580. The molecule has 92 valence electrons. The molecule has 1 aliphatic rings. The van der Waals surface area contributed by atoms with Crippen LogP contribution in [0, 0.1) is 3.57 Å². The lowest BCUT2D eigenvalue weighted by atomic mass is 9.96. The Morgan fingerprint density at radius 3 is 2.76 bits per heavy atom. The molecular weight excluding hydrogens is 325 g/mol. The van der Waals surface area contributed by atoms with Crippen molar-refractivity contribution in [3.05, 3.63) is 27.3 Å². The predicted molar refractivity (Wildman–Crippen MR) is 80.2 cm³/mol. The van der Waals surface area contributed by atoms with Gasteiger partial charge in [0.25, 0.3) is 0 Å². The Kier molecular flexibility index (Phi) is 4.83. The first kappa shape index (κ1) is 12.9. The normalized spacial score (nSPS) is 17.5. The van der Waals surface area contributed by atoms with Gasteiger partial charge in [-0.05, 0) is 41.5 Å². The van der Waals surface area contributed by atoms with Crippen LogP contribution in [0.5, 0.6) is 5.75 Å². The van der Waals surface area contributed by atoms with E-state index in [0.717, 1.165) is 14.9 Å². The highest BCUT2D eigenvalue weighted by Gasteiger charge is 2.11. The van der Waals surface area contributed by atoms with Crippen molar-refractivity contribution in [3.8, 4) is 5.75 Å². The Balaban J connectivity index is 2.09. The van der Waals surface area contributed by atoms with Gasteiger partial charge in [0.2, 0.25) is 0 Å². The van der Waals surface area contributed by atoms with Gasteiger partial charge in [0.05, 0.1) is 10.7 Å². The largest absolute Gasteiger partial charge is 0.496 e. The number of hydrogen-bond donors (Lipinski definition) is 0. The summed E-state index contributed by atoms with van der Waals surface area (Å²) in [5.41, 5.74) is 1.16. The van der Waals surface area contributed by atoms with Crippen LogP contribution in [0.3, 0.4) is 0 Å². The number of methoxy groups -OCH3 is 1. The summed E-state index contributed by atoms with van der Waals surface area (Å²) in [7, 11) is 1.71. The van der Waals surface area contributed by atoms with E-state index in [9.17, 15) is 0 Å². The van der Waals surface area contributed by atoms with E-state index in [-0.39, 0.29) is 0 Å². The molecule has 0 saturated heterocycles. The first-order valence-electron chi connectivity index (χ1n) is 6.17. The Labute approximate surface area is 117 Å². The molecule has 0 atom stereocenters. The fraction of sp³-hybridized carbons (Fsp3) is 0.500. The van der Waals surface area contributed by atoms with Crippen molar-refractivity contribution in [3.63, 3.8) is 0 Å². The minimum Gasteiger partial charge on any atom is -0.496 e. The highest BCUT2D eigenvalue weighted by molar-refractivity contribution is 14.1. The molecule has 2 rings (SSSR count). The van der Waals surface area contributed by atoms with E-state index in [1.807, 2.05) is 18.3 Å². The van der Waals surface area contributed by atoms with Crippen molar-refractivity contribution >= 4 is 28.8 Å². The van der Waals surface area contributed by atoms with Gasteiger partial charge in [-0.15, -0.1) is 0 Å². The number of nitrogens with zero attached hydrogens (tertiary/aromatic N) is 1. The molecule has 2 nitrogen and oxygen atoms in total. The maximum atomic E-state index is 5.31. The molecule has 1 fully saturated rings. The van der Waals surface area contributed by atoms with Gasteiger partial charge in [-0.3, -0.25) is 4.99 Å². The number of rotatable bonds is 3. The van der Waals surface area contributed by atoms with Gasteiger partial charge >= 0.3 is 0 Å². The zero-order valence-electron chi connectivity index (χ0n) is 10.2. The zero-order valence-corrected chi connectivity index (χ0v) is 12.3. The smallest absolute Gasteiger partial charge is 0.132 e. The van der Waals surface area contributed by atoms with Crippen LogP contribution in [0.2, 0.25) is 0 Å². The van der Waals surface area contributed by atoms with Gasteiger partial charge in [-0.1, -0.05) is 31.4 Å². The second-order valence-electron chi connectivity index (χ2n) is 4.43. The number of benzene rings is 1. The molecule has 0 radical (unpaired) electrons. The van der Waals surface area contributed by atoms with Crippen molar-refractivity contribution in [1.29, 1.82) is 0 Å². The lowest BCUT2D eigenvalue weighted by Gasteiger charge is -2.17. The summed E-state index contributed by atoms with van der Waals surface area (Å²) in [6.07, 6.45) is 8.55. The summed E-state index contributed by atoms with van der Waals surface area (Å²) in [5, 5.41) is 0. The number of ether oxygens (including phenoxy) is 1. The van der Waals surface area contributed by atoms with Crippen molar-refractivity contribution in [2.45, 2.75) is 38.1 Å². The lowest BCUT2D eigenvalue weighted by Crippen LogP contribution is -2.09. The molecule has 1 aromatic carbocycles. The molecular formula is C14H18INO. The lowest BCUT2D eigenvalue weighted by molar-refractivity contribution is 0.411. The second kappa shape index (κ2) is 6.38. The van der Waals surface area contributed by atoms with Crippen molar-refractivity contribution in [2.75, 3.05) is 7.11 Å². The third-order valence-electron chi connectivity index (χ3n) is 3.21. The zero-order chi connectivity index (χ0) is 12.1. The van der Waals surface area contributed by atoms with Crippen LogP contribution < -0.4 is 4.74 Å². The molecule has 1 saturated carbocycles. The molecule has 0 spiro atoms. The van der Waals surface area contributed by atoms with Gasteiger partial charge in [-0.2, -0.15) is 0 Å². The molecule has 1 aromatic rings. The summed E-state index contributed by atoms with van der Waals surface area (Å²) in [4.78, 5) is 4.70. The minimum atomic E-state index is 0.533. The molecule has 3 heteroatoms. The summed E-state index contributed by atoms with van der Waals surface area (Å²) in [6, 6.07) is 6.63. The molecule has 0 aliphatic heterocycles. The van der Waals surface area contributed by atoms with E-state index in [1.54, 1.807) is 7.11 Å². The molecule has 1 aliphatic carbocycles. The van der Waals surface area contributed by atoms with Gasteiger partial charge < -0.3 is 4.74 Å². The van der Waals surface area contributed by atoms with Crippen LogP contribution >= 0.6 is 22.6 Å². The molecule has 0 aromatic heterocycles. The molecule has 0 bridgehead atoms. The van der Waals surface area contributed by atoms with Crippen LogP contribution in [0.15, 0.2) is 23.2 Å².